The maximum Gasteiger partial charge on any atom is 0.416 e. The number of halogens is 4. The lowest BCUT2D eigenvalue weighted by Crippen LogP contribution is -2.38. The lowest BCUT2D eigenvalue weighted by Gasteiger charge is -2.34. The van der Waals surface area contributed by atoms with Crippen molar-refractivity contribution in [2.45, 2.75) is 94.0 Å². The van der Waals surface area contributed by atoms with Crippen molar-refractivity contribution in [3.05, 3.63) is 59.4 Å². The molecule has 0 spiro atoms. The minimum atomic E-state index is -4.38. The summed E-state index contributed by atoms with van der Waals surface area (Å²) in [5.41, 5.74) is 0.169. The number of carbonyl (C=O) groups excluding carboxylic acids is 1. The molecule has 1 aliphatic carbocycles. The molecule has 1 heterocycles. The van der Waals surface area contributed by atoms with Gasteiger partial charge in [0, 0.05) is 43.2 Å². The van der Waals surface area contributed by atoms with Crippen molar-refractivity contribution in [1.29, 1.82) is 0 Å². The number of sulfone groups is 1. The van der Waals surface area contributed by atoms with Crippen molar-refractivity contribution < 1.29 is 35.5 Å². The first-order valence-corrected chi connectivity index (χ1v) is 15.9. The fourth-order valence-electron chi connectivity index (χ4n) is 5.58. The third-order valence-corrected chi connectivity index (χ3v) is 10.8. The van der Waals surface area contributed by atoms with E-state index in [2.05, 4.69) is 5.32 Å². The third-order valence-electron chi connectivity index (χ3n) is 8.11. The summed E-state index contributed by atoms with van der Waals surface area (Å²) < 4.78 is 84.6. The Morgan fingerprint density at radius 3 is 2.22 bits per heavy atom. The first kappa shape index (κ1) is 31.1. The second-order valence-corrected chi connectivity index (χ2v) is 14.1. The number of ether oxygens (including phenoxy) is 1. The molecule has 226 valence electrons. The van der Waals surface area contributed by atoms with Crippen LogP contribution in [0.1, 0.15) is 81.1 Å². The Balaban J connectivity index is 1.29. The van der Waals surface area contributed by atoms with Crippen LogP contribution < -0.4 is 15.0 Å². The zero-order valence-corrected chi connectivity index (χ0v) is 24.2. The van der Waals surface area contributed by atoms with Crippen LogP contribution >= 0.6 is 0 Å². The molecule has 1 N–H and O–H groups in total. The highest BCUT2D eigenvalue weighted by Crippen LogP contribution is 2.32. The summed E-state index contributed by atoms with van der Waals surface area (Å²) >= 11 is 0. The SMILES string of the molecule is CC(C)S(=O)(=O)C1CCCCC(NC(=O)c2ccc(OC3CCN(c4ccc(C(F)(F)F)cc4)CC3)c(F)c2)CC1. The van der Waals surface area contributed by atoms with Crippen LogP contribution in [0.3, 0.4) is 0 Å². The van der Waals surface area contributed by atoms with E-state index in [1.807, 2.05) is 4.90 Å². The van der Waals surface area contributed by atoms with Crippen LogP contribution in [0.5, 0.6) is 5.75 Å². The molecule has 2 aromatic carbocycles. The number of nitrogens with zero attached hydrogens (tertiary/aromatic N) is 1. The smallest absolute Gasteiger partial charge is 0.416 e. The second-order valence-electron chi connectivity index (χ2n) is 11.3. The van der Waals surface area contributed by atoms with Gasteiger partial charge in [0.05, 0.1) is 16.1 Å². The molecular formula is C30H38F4N2O4S. The Labute approximate surface area is 239 Å². The van der Waals surface area contributed by atoms with E-state index in [0.29, 0.717) is 50.9 Å². The molecule has 6 nitrogen and oxygen atoms in total. The Morgan fingerprint density at radius 2 is 1.61 bits per heavy atom. The molecule has 2 fully saturated rings. The number of rotatable bonds is 7. The largest absolute Gasteiger partial charge is 0.487 e. The standard InChI is InChI=1S/C30H38F4N2O4S/c1-20(2)41(38,39)26-6-4-3-5-23(10-13-26)35-29(37)21-7-14-28(27(31)19-21)40-25-15-17-36(18-16-25)24-11-8-22(9-12-24)30(32,33)34/h7-9,11-12,14,19-20,23,25-26H,3-6,10,13,15-18H2,1-2H3,(H,35,37). The first-order valence-electron chi connectivity index (χ1n) is 14.3. The molecule has 1 saturated heterocycles. The van der Waals surface area contributed by atoms with Crippen LogP contribution in [0.15, 0.2) is 42.5 Å². The van der Waals surface area contributed by atoms with Crippen molar-refractivity contribution in [3.8, 4) is 5.75 Å². The van der Waals surface area contributed by atoms with Gasteiger partial charge in [0.25, 0.3) is 5.91 Å². The molecular weight excluding hydrogens is 560 g/mol. The number of piperidine rings is 1. The predicted molar refractivity (Wildman–Crippen MR) is 151 cm³/mol. The summed E-state index contributed by atoms with van der Waals surface area (Å²) in [7, 11) is -3.21. The number of amides is 1. The van der Waals surface area contributed by atoms with Gasteiger partial charge in [-0.05, 0) is 82.0 Å². The van der Waals surface area contributed by atoms with Crippen molar-refractivity contribution in [2.24, 2.45) is 0 Å². The maximum atomic E-state index is 14.9. The van der Waals surface area contributed by atoms with Crippen LogP contribution in [-0.4, -0.2) is 50.1 Å². The molecule has 4 rings (SSSR count). The molecule has 1 amide bonds. The van der Waals surface area contributed by atoms with Gasteiger partial charge in [0.1, 0.15) is 6.10 Å². The number of nitrogens with one attached hydrogen (secondary N) is 1. The van der Waals surface area contributed by atoms with Crippen LogP contribution in [-0.2, 0) is 16.0 Å². The highest BCUT2D eigenvalue weighted by atomic mass is 32.2. The van der Waals surface area contributed by atoms with Gasteiger partial charge in [-0.25, -0.2) is 12.8 Å². The monoisotopic (exact) mass is 598 g/mol. The normalized spacial score (nSPS) is 21.3. The zero-order valence-electron chi connectivity index (χ0n) is 23.4. The first-order chi connectivity index (χ1) is 19.3. The molecule has 2 aromatic rings. The molecule has 1 saturated carbocycles. The van der Waals surface area contributed by atoms with Crippen molar-refractivity contribution in [2.75, 3.05) is 18.0 Å². The zero-order chi connectivity index (χ0) is 29.8. The van der Waals surface area contributed by atoms with E-state index in [9.17, 15) is 30.8 Å². The Bertz CT molecular complexity index is 1290. The molecule has 0 aromatic heterocycles. The van der Waals surface area contributed by atoms with E-state index < -0.39 is 43.8 Å². The van der Waals surface area contributed by atoms with E-state index in [0.717, 1.165) is 37.5 Å². The number of benzene rings is 2. The molecule has 41 heavy (non-hydrogen) atoms. The van der Waals surface area contributed by atoms with E-state index in [-0.39, 0.29) is 23.5 Å². The highest BCUT2D eigenvalue weighted by molar-refractivity contribution is 7.92. The Hall–Kier alpha value is -2.82. The van der Waals surface area contributed by atoms with Gasteiger partial charge in [-0.1, -0.05) is 12.8 Å². The van der Waals surface area contributed by atoms with E-state index in [1.54, 1.807) is 13.8 Å². The summed E-state index contributed by atoms with van der Waals surface area (Å²) in [6.07, 6.45) is 0.519. The summed E-state index contributed by atoms with van der Waals surface area (Å²) in [6, 6.07) is 8.96. The van der Waals surface area contributed by atoms with Gasteiger partial charge in [0.2, 0.25) is 0 Å². The van der Waals surface area contributed by atoms with E-state index >= 15 is 0 Å². The topological polar surface area (TPSA) is 75.7 Å². The number of hydrogen-bond donors (Lipinski definition) is 1. The molecule has 2 aliphatic rings. The maximum absolute atomic E-state index is 14.9. The van der Waals surface area contributed by atoms with Gasteiger partial charge in [0.15, 0.2) is 21.4 Å². The molecule has 11 heteroatoms. The van der Waals surface area contributed by atoms with Crippen LogP contribution in [0.2, 0.25) is 0 Å². The quantitative estimate of drug-likeness (QED) is 0.367. The van der Waals surface area contributed by atoms with Crippen molar-refractivity contribution in [3.63, 3.8) is 0 Å². The van der Waals surface area contributed by atoms with Crippen LogP contribution in [0, 0.1) is 5.82 Å². The van der Waals surface area contributed by atoms with Gasteiger partial charge >= 0.3 is 6.18 Å². The third kappa shape index (κ3) is 7.93. The average molecular weight is 599 g/mol. The molecule has 0 radical (unpaired) electrons. The number of carbonyl (C=O) groups is 1. The number of alkyl halides is 3. The van der Waals surface area contributed by atoms with E-state index in [1.165, 1.54) is 24.3 Å². The number of hydrogen-bond acceptors (Lipinski definition) is 5. The van der Waals surface area contributed by atoms with Crippen LogP contribution in [0.4, 0.5) is 23.2 Å². The van der Waals surface area contributed by atoms with Gasteiger partial charge in [-0.2, -0.15) is 13.2 Å². The molecule has 1 aliphatic heterocycles. The summed E-state index contributed by atoms with van der Waals surface area (Å²) in [5.74, 6) is -1.01. The Kier molecular flexibility index (Phi) is 9.87. The number of anilines is 1. The van der Waals surface area contributed by atoms with Gasteiger partial charge in [-0.15, -0.1) is 0 Å². The molecule has 2 atom stereocenters. The summed E-state index contributed by atoms with van der Waals surface area (Å²) in [6.45, 7) is 4.50. The van der Waals surface area contributed by atoms with Crippen molar-refractivity contribution >= 4 is 21.4 Å². The summed E-state index contributed by atoms with van der Waals surface area (Å²) in [5, 5.41) is 2.12. The fraction of sp³-hybridized carbons (Fsp3) is 0.567. The average Bonchev–Trinajstić information content (AvgIpc) is 2.91. The molecule has 0 bridgehead atoms. The Morgan fingerprint density at radius 1 is 0.951 bits per heavy atom. The lowest BCUT2D eigenvalue weighted by molar-refractivity contribution is -0.137. The second kappa shape index (κ2) is 13.0. The lowest BCUT2D eigenvalue weighted by atomic mass is 9.96. The molecule has 2 unspecified atom stereocenters. The minimum absolute atomic E-state index is 0.0437. The van der Waals surface area contributed by atoms with Crippen LogP contribution in [0.25, 0.3) is 0 Å². The minimum Gasteiger partial charge on any atom is -0.487 e. The summed E-state index contributed by atoms with van der Waals surface area (Å²) in [4.78, 5) is 14.9. The van der Waals surface area contributed by atoms with E-state index in [4.69, 9.17) is 4.74 Å². The highest BCUT2D eigenvalue weighted by Gasteiger charge is 2.32. The van der Waals surface area contributed by atoms with Gasteiger partial charge in [-0.3, -0.25) is 4.79 Å². The fourth-order valence-corrected chi connectivity index (χ4v) is 7.30. The van der Waals surface area contributed by atoms with Crippen molar-refractivity contribution in [1.82, 2.24) is 5.32 Å². The predicted octanol–water partition coefficient (Wildman–Crippen LogP) is 6.54. The van der Waals surface area contributed by atoms with Gasteiger partial charge < -0.3 is 15.0 Å².